The van der Waals surface area contributed by atoms with Gasteiger partial charge in [0, 0.05) is 48.6 Å². The van der Waals surface area contributed by atoms with E-state index in [0.717, 1.165) is 22.5 Å². The van der Waals surface area contributed by atoms with Crippen LogP contribution in [-0.4, -0.2) is 47.3 Å². The highest BCUT2D eigenvalue weighted by atomic mass is 19.4. The number of halogens is 3. The number of fused-ring (bicyclic) bond motifs is 1. The lowest BCUT2D eigenvalue weighted by molar-refractivity contribution is -0.135. The molecule has 3 heterocycles. The van der Waals surface area contributed by atoms with Crippen molar-refractivity contribution >= 4 is 18.0 Å². The topological polar surface area (TPSA) is 120 Å². The summed E-state index contributed by atoms with van der Waals surface area (Å²) in [6.07, 6.45) is 2.01. The fraction of sp³-hybridized carbons (Fsp3) is 0.400. The Labute approximate surface area is 205 Å². The van der Waals surface area contributed by atoms with Crippen LogP contribution >= 0.6 is 0 Å². The Morgan fingerprint density at radius 1 is 1.25 bits per heavy atom. The number of primary amides is 1. The highest BCUT2D eigenvalue weighted by Gasteiger charge is 2.46. The number of carbonyl (C=O) groups excluding carboxylic acids is 2. The van der Waals surface area contributed by atoms with E-state index in [9.17, 15) is 22.8 Å². The van der Waals surface area contributed by atoms with Gasteiger partial charge in [0.25, 0.3) is 5.91 Å². The first-order valence-corrected chi connectivity index (χ1v) is 11.6. The summed E-state index contributed by atoms with van der Waals surface area (Å²) in [5, 5.41) is 2.20. The Morgan fingerprint density at radius 3 is 2.61 bits per heavy atom. The highest BCUT2D eigenvalue weighted by Crippen LogP contribution is 2.43. The minimum atomic E-state index is -4.38. The molecule has 2 aromatic rings. The summed E-state index contributed by atoms with van der Waals surface area (Å²) in [4.78, 5) is 37.8. The molecule has 190 valence electrons. The smallest absolute Gasteiger partial charge is 0.390 e. The summed E-state index contributed by atoms with van der Waals surface area (Å²) in [6, 6.07) is 5.66. The van der Waals surface area contributed by atoms with E-state index < -0.39 is 36.4 Å². The van der Waals surface area contributed by atoms with Crippen LogP contribution in [0.25, 0.3) is 11.1 Å². The van der Waals surface area contributed by atoms with E-state index in [2.05, 4.69) is 20.3 Å². The van der Waals surface area contributed by atoms with Gasteiger partial charge in [-0.1, -0.05) is 25.1 Å². The Bertz CT molecular complexity index is 1210. The summed E-state index contributed by atoms with van der Waals surface area (Å²) in [7, 11) is 0. The van der Waals surface area contributed by atoms with E-state index in [0.29, 0.717) is 18.6 Å². The second-order valence-corrected chi connectivity index (χ2v) is 8.81. The first-order valence-electron chi connectivity index (χ1n) is 11.6. The lowest BCUT2D eigenvalue weighted by Gasteiger charge is -2.39. The summed E-state index contributed by atoms with van der Waals surface area (Å²) in [6.45, 7) is 1.62. The quantitative estimate of drug-likeness (QED) is 0.604. The zero-order chi connectivity index (χ0) is 25.9. The molecule has 3 N–H and O–H groups in total. The van der Waals surface area contributed by atoms with Crippen LogP contribution in [0.5, 0.6) is 5.75 Å². The van der Waals surface area contributed by atoms with Gasteiger partial charge >= 0.3 is 6.18 Å². The lowest BCUT2D eigenvalue weighted by Crippen LogP contribution is -2.49. The number of nitrogens with two attached hydrogens (primary N) is 1. The molecule has 36 heavy (non-hydrogen) atoms. The van der Waals surface area contributed by atoms with Gasteiger partial charge in [-0.3, -0.25) is 14.6 Å². The molecule has 2 aliphatic rings. The van der Waals surface area contributed by atoms with E-state index in [-0.39, 0.29) is 24.6 Å². The third-order valence-electron chi connectivity index (χ3n) is 6.54. The van der Waals surface area contributed by atoms with E-state index in [1.807, 2.05) is 25.1 Å². The summed E-state index contributed by atoms with van der Waals surface area (Å²) >= 11 is 0. The number of carbonyl (C=O) groups is 2. The number of benzene rings is 1. The Hall–Kier alpha value is -3.76. The average molecular weight is 502 g/mol. The maximum atomic E-state index is 12.7. The molecule has 2 atom stereocenters. The molecule has 1 aromatic heterocycles. The van der Waals surface area contributed by atoms with E-state index >= 15 is 0 Å². The summed E-state index contributed by atoms with van der Waals surface area (Å²) in [5.41, 5.74) is 7.13. The van der Waals surface area contributed by atoms with Crippen molar-refractivity contribution in [1.82, 2.24) is 15.3 Å². The molecule has 0 radical (unpaired) electrons. The largest absolute Gasteiger partial charge is 0.493 e. The van der Waals surface area contributed by atoms with Crippen LogP contribution in [0.3, 0.4) is 0 Å². The fourth-order valence-corrected chi connectivity index (χ4v) is 4.44. The van der Waals surface area contributed by atoms with Gasteiger partial charge in [0.05, 0.1) is 18.4 Å². The maximum absolute atomic E-state index is 12.7. The number of amides is 2. The van der Waals surface area contributed by atoms with Crippen LogP contribution in [0.1, 0.15) is 31.2 Å². The molecule has 0 aliphatic carbocycles. The van der Waals surface area contributed by atoms with Crippen LogP contribution in [-0.2, 0) is 22.4 Å². The predicted molar refractivity (Wildman–Crippen MR) is 126 cm³/mol. The minimum Gasteiger partial charge on any atom is -0.493 e. The third kappa shape index (κ3) is 5.24. The molecule has 2 amide bonds. The number of aryl methyl sites for hydroxylation is 1. The molecule has 1 unspecified atom stereocenters. The number of ether oxygens (including phenoxy) is 1. The number of hydrogen-bond acceptors (Lipinski definition) is 6. The number of aliphatic imine (C=N–C) groups is 1. The van der Waals surface area contributed by atoms with Crippen molar-refractivity contribution in [2.75, 3.05) is 13.2 Å². The maximum Gasteiger partial charge on any atom is 0.390 e. The zero-order valence-corrected chi connectivity index (χ0v) is 19.6. The van der Waals surface area contributed by atoms with E-state index in [4.69, 9.17) is 10.5 Å². The first-order chi connectivity index (χ1) is 17.1. The Kier molecular flexibility index (Phi) is 7.09. The van der Waals surface area contributed by atoms with Gasteiger partial charge in [-0.2, -0.15) is 13.2 Å². The lowest BCUT2D eigenvalue weighted by atomic mass is 9.68. The molecule has 0 saturated heterocycles. The predicted octanol–water partition coefficient (Wildman–Crippen LogP) is 3.16. The standard InChI is InChI=1S/C25H26F3N5O3/c1-2-21-31-11-15(12-32-21)17-4-3-5-20-18(17)10-16(13-36-20)24(23(29)35)7-6-19(33-14-24)22(34)30-9-8-25(26,27)28/h3-6,11-12,14,16H,2,7-10,13H2,1H3,(H2,29,35)(H,30,34)/t16-,24?/m1/s1. The van der Waals surface area contributed by atoms with Crippen LogP contribution in [0, 0.1) is 11.3 Å². The molecule has 0 saturated carbocycles. The number of allylic oxidation sites excluding steroid dienone is 1. The first kappa shape index (κ1) is 25.3. The van der Waals surface area contributed by atoms with Crippen molar-refractivity contribution < 1.29 is 27.5 Å². The van der Waals surface area contributed by atoms with Crippen molar-refractivity contribution in [3.05, 3.63) is 53.8 Å². The number of rotatable bonds is 7. The van der Waals surface area contributed by atoms with Crippen LogP contribution in [0.4, 0.5) is 13.2 Å². The third-order valence-corrected chi connectivity index (χ3v) is 6.54. The van der Waals surface area contributed by atoms with Gasteiger partial charge in [0.1, 0.15) is 17.3 Å². The van der Waals surface area contributed by atoms with Gasteiger partial charge in [-0.15, -0.1) is 0 Å². The normalized spacial score (nSPS) is 21.2. The summed E-state index contributed by atoms with van der Waals surface area (Å²) < 4.78 is 43.1. The number of nitrogens with zero attached hydrogens (tertiary/aromatic N) is 3. The molecule has 0 spiro atoms. The molecule has 0 fully saturated rings. The SMILES string of the molecule is CCc1ncc(-c2cccc3c2C[C@@H](C2(C(N)=O)C=NC(C(=O)NCCC(F)(F)F)=CC2)CO3)cn1. The molecule has 11 heteroatoms. The Morgan fingerprint density at radius 2 is 2.00 bits per heavy atom. The van der Waals surface area contributed by atoms with Gasteiger partial charge < -0.3 is 15.8 Å². The van der Waals surface area contributed by atoms with E-state index in [1.165, 1.54) is 12.3 Å². The molecular formula is C25H26F3N5O3. The molecule has 0 bridgehead atoms. The van der Waals surface area contributed by atoms with Gasteiger partial charge in [0.15, 0.2) is 0 Å². The fourth-order valence-electron chi connectivity index (χ4n) is 4.44. The van der Waals surface area contributed by atoms with Crippen molar-refractivity contribution in [3.63, 3.8) is 0 Å². The average Bonchev–Trinajstić information content (AvgIpc) is 2.87. The molecular weight excluding hydrogens is 475 g/mol. The number of nitrogens with one attached hydrogen (secondary N) is 1. The van der Waals surface area contributed by atoms with Crippen LogP contribution in [0.15, 0.2) is 47.4 Å². The van der Waals surface area contributed by atoms with Crippen LogP contribution < -0.4 is 15.8 Å². The number of aromatic nitrogens is 2. The molecule has 8 nitrogen and oxygen atoms in total. The Balaban J connectivity index is 1.54. The summed E-state index contributed by atoms with van der Waals surface area (Å²) in [5.74, 6) is -0.320. The number of hydrogen-bond donors (Lipinski definition) is 2. The number of alkyl halides is 3. The molecule has 1 aromatic carbocycles. The monoisotopic (exact) mass is 501 g/mol. The van der Waals surface area contributed by atoms with Crippen molar-refractivity contribution in [2.45, 2.75) is 38.8 Å². The second-order valence-electron chi connectivity index (χ2n) is 8.81. The van der Waals surface area contributed by atoms with Crippen LogP contribution in [0.2, 0.25) is 0 Å². The van der Waals surface area contributed by atoms with Gasteiger partial charge in [-0.25, -0.2) is 9.97 Å². The minimum absolute atomic E-state index is 0.0555. The molecule has 4 rings (SSSR count). The van der Waals surface area contributed by atoms with Gasteiger partial charge in [-0.05, 0) is 24.5 Å². The van der Waals surface area contributed by atoms with Crippen molar-refractivity contribution in [3.8, 4) is 16.9 Å². The van der Waals surface area contributed by atoms with Crippen molar-refractivity contribution in [1.29, 1.82) is 0 Å². The van der Waals surface area contributed by atoms with E-state index in [1.54, 1.807) is 12.4 Å². The molecule has 2 aliphatic heterocycles. The van der Waals surface area contributed by atoms with Crippen molar-refractivity contribution in [2.24, 2.45) is 22.1 Å². The zero-order valence-electron chi connectivity index (χ0n) is 19.6. The second kappa shape index (κ2) is 10.1. The highest BCUT2D eigenvalue weighted by molar-refractivity contribution is 6.02. The van der Waals surface area contributed by atoms with Gasteiger partial charge in [0.2, 0.25) is 5.91 Å².